The molecule has 0 saturated heterocycles. The van der Waals surface area contributed by atoms with Crippen molar-refractivity contribution in [1.29, 1.82) is 0 Å². The Labute approximate surface area is 197 Å². The van der Waals surface area contributed by atoms with Gasteiger partial charge in [0.15, 0.2) is 5.52 Å². The Balaban J connectivity index is 1.66. The highest BCUT2D eigenvalue weighted by Gasteiger charge is 2.27. The SMILES string of the molecule is CCCc1nn(C)c2c(=O)[nH]c(-c3cc(OC4CCC(C(=O)NO)CC4)ccc3OCC)nc12. The zero-order valence-electron chi connectivity index (χ0n) is 19.8. The summed E-state index contributed by atoms with van der Waals surface area (Å²) < 4.78 is 13.6. The molecule has 10 nitrogen and oxygen atoms in total. The molecule has 182 valence electrons. The van der Waals surface area contributed by atoms with Crippen molar-refractivity contribution in [2.45, 2.75) is 58.5 Å². The van der Waals surface area contributed by atoms with Crippen LogP contribution < -0.4 is 20.5 Å². The number of hydrogen-bond acceptors (Lipinski definition) is 7. The molecule has 1 aliphatic carbocycles. The zero-order valence-corrected chi connectivity index (χ0v) is 19.8. The maximum absolute atomic E-state index is 12.9. The maximum atomic E-state index is 12.9. The summed E-state index contributed by atoms with van der Waals surface area (Å²) in [6.45, 7) is 4.42. The molecule has 1 amide bonds. The molecule has 34 heavy (non-hydrogen) atoms. The van der Waals surface area contributed by atoms with Gasteiger partial charge in [-0.05, 0) is 57.2 Å². The van der Waals surface area contributed by atoms with Crippen LogP contribution in [0, 0.1) is 5.92 Å². The highest BCUT2D eigenvalue weighted by molar-refractivity contribution is 5.80. The number of carbonyl (C=O) groups excluding carboxylic acids is 1. The fraction of sp³-hybridized carbons (Fsp3) is 0.500. The summed E-state index contributed by atoms with van der Waals surface area (Å²) in [5, 5.41) is 13.3. The molecule has 1 fully saturated rings. The Morgan fingerprint density at radius 1 is 1.26 bits per heavy atom. The van der Waals surface area contributed by atoms with Gasteiger partial charge in [-0.25, -0.2) is 10.5 Å². The fourth-order valence-corrected chi connectivity index (χ4v) is 4.56. The van der Waals surface area contributed by atoms with Gasteiger partial charge in [-0.15, -0.1) is 0 Å². The lowest BCUT2D eigenvalue weighted by molar-refractivity contribution is -0.134. The van der Waals surface area contributed by atoms with Gasteiger partial charge < -0.3 is 14.5 Å². The van der Waals surface area contributed by atoms with Crippen LogP contribution in [-0.4, -0.2) is 43.6 Å². The minimum Gasteiger partial charge on any atom is -0.493 e. The first-order valence-corrected chi connectivity index (χ1v) is 11.8. The molecule has 2 heterocycles. The lowest BCUT2D eigenvalue weighted by atomic mass is 9.87. The standard InChI is InChI=1S/C24H31N5O5/c1-4-6-18-20-21(29(3)27-18)24(31)26-22(25-20)17-13-16(11-12-19(17)33-5-2)34-15-9-7-14(8-10-15)23(30)28-32/h11-15,32H,4-10H2,1-3H3,(H,28,30)(H,25,26,31). The Hall–Kier alpha value is -3.40. The minimum absolute atomic E-state index is 0.0440. The smallest absolute Gasteiger partial charge is 0.277 e. The summed E-state index contributed by atoms with van der Waals surface area (Å²) >= 11 is 0. The van der Waals surface area contributed by atoms with Crippen LogP contribution in [0.2, 0.25) is 0 Å². The number of fused-ring (bicyclic) bond motifs is 1. The monoisotopic (exact) mass is 469 g/mol. The predicted molar refractivity (Wildman–Crippen MR) is 126 cm³/mol. The lowest BCUT2D eigenvalue weighted by Gasteiger charge is -2.28. The zero-order chi connectivity index (χ0) is 24.2. The van der Waals surface area contributed by atoms with Gasteiger partial charge in [0.05, 0.1) is 24.0 Å². The van der Waals surface area contributed by atoms with Crippen molar-refractivity contribution in [2.24, 2.45) is 13.0 Å². The van der Waals surface area contributed by atoms with Gasteiger partial charge in [-0.1, -0.05) is 13.3 Å². The number of benzene rings is 1. The maximum Gasteiger partial charge on any atom is 0.277 e. The van der Waals surface area contributed by atoms with Crippen LogP contribution in [0.5, 0.6) is 11.5 Å². The van der Waals surface area contributed by atoms with E-state index < -0.39 is 0 Å². The van der Waals surface area contributed by atoms with Crippen molar-refractivity contribution >= 4 is 16.9 Å². The Morgan fingerprint density at radius 2 is 2.03 bits per heavy atom. The molecule has 1 aliphatic rings. The molecule has 3 N–H and O–H groups in total. The van der Waals surface area contributed by atoms with E-state index in [0.717, 1.165) is 18.5 Å². The minimum atomic E-state index is -0.343. The first kappa shape index (κ1) is 23.7. The van der Waals surface area contributed by atoms with Crippen molar-refractivity contribution in [2.75, 3.05) is 6.61 Å². The van der Waals surface area contributed by atoms with Crippen molar-refractivity contribution in [3.63, 3.8) is 0 Å². The molecule has 0 spiro atoms. The van der Waals surface area contributed by atoms with E-state index in [1.54, 1.807) is 17.2 Å². The first-order chi connectivity index (χ1) is 16.4. The highest BCUT2D eigenvalue weighted by atomic mass is 16.5. The predicted octanol–water partition coefficient (Wildman–Crippen LogP) is 3.12. The summed E-state index contributed by atoms with van der Waals surface area (Å²) in [6.07, 6.45) is 4.28. The Morgan fingerprint density at radius 3 is 2.71 bits per heavy atom. The van der Waals surface area contributed by atoms with Crippen LogP contribution in [0.25, 0.3) is 22.4 Å². The summed E-state index contributed by atoms with van der Waals surface area (Å²) in [4.78, 5) is 32.2. The molecule has 1 saturated carbocycles. The molecular formula is C24H31N5O5. The molecule has 10 heteroatoms. The van der Waals surface area contributed by atoms with Crippen LogP contribution in [-0.2, 0) is 18.3 Å². The summed E-state index contributed by atoms with van der Waals surface area (Å²) in [6, 6.07) is 5.49. The van der Waals surface area contributed by atoms with E-state index in [9.17, 15) is 9.59 Å². The van der Waals surface area contributed by atoms with Crippen molar-refractivity contribution < 1.29 is 19.5 Å². The van der Waals surface area contributed by atoms with Gasteiger partial charge in [0.2, 0.25) is 5.91 Å². The number of amides is 1. The topological polar surface area (TPSA) is 131 Å². The number of carbonyl (C=O) groups is 1. The summed E-state index contributed by atoms with van der Waals surface area (Å²) in [5.41, 5.74) is 3.95. The number of aromatic amines is 1. The van der Waals surface area contributed by atoms with Crippen molar-refractivity contribution in [3.05, 3.63) is 34.2 Å². The van der Waals surface area contributed by atoms with Gasteiger partial charge in [0.25, 0.3) is 5.56 Å². The van der Waals surface area contributed by atoms with E-state index in [4.69, 9.17) is 19.7 Å². The third-order valence-corrected chi connectivity index (χ3v) is 6.21. The number of rotatable bonds is 8. The molecule has 0 atom stereocenters. The number of aryl methyl sites for hydroxylation is 2. The molecule has 4 rings (SSSR count). The number of aromatic nitrogens is 4. The van der Waals surface area contributed by atoms with Gasteiger partial charge in [0.1, 0.15) is 22.8 Å². The van der Waals surface area contributed by atoms with E-state index in [0.29, 0.717) is 66.2 Å². The summed E-state index contributed by atoms with van der Waals surface area (Å²) in [7, 11) is 1.75. The van der Waals surface area contributed by atoms with E-state index >= 15 is 0 Å². The lowest BCUT2D eigenvalue weighted by Crippen LogP contribution is -2.33. The molecule has 2 aromatic heterocycles. The van der Waals surface area contributed by atoms with Gasteiger partial charge in [-0.3, -0.25) is 19.5 Å². The molecular weight excluding hydrogens is 438 g/mol. The van der Waals surface area contributed by atoms with E-state index in [1.165, 1.54) is 0 Å². The second kappa shape index (κ2) is 10.3. The Bertz CT molecular complexity index is 1230. The van der Waals surface area contributed by atoms with E-state index in [1.807, 2.05) is 25.1 Å². The molecule has 1 aromatic carbocycles. The second-order valence-electron chi connectivity index (χ2n) is 8.59. The largest absolute Gasteiger partial charge is 0.493 e. The van der Waals surface area contributed by atoms with Crippen LogP contribution >= 0.6 is 0 Å². The number of nitrogens with zero attached hydrogens (tertiary/aromatic N) is 3. The van der Waals surface area contributed by atoms with Gasteiger partial charge in [-0.2, -0.15) is 5.10 Å². The van der Waals surface area contributed by atoms with Gasteiger partial charge in [0, 0.05) is 13.0 Å². The molecule has 0 radical (unpaired) electrons. The van der Waals surface area contributed by atoms with E-state index in [-0.39, 0.29) is 23.5 Å². The molecule has 3 aromatic rings. The fourth-order valence-electron chi connectivity index (χ4n) is 4.56. The third-order valence-electron chi connectivity index (χ3n) is 6.21. The highest BCUT2D eigenvalue weighted by Crippen LogP contribution is 2.34. The van der Waals surface area contributed by atoms with Crippen LogP contribution in [0.15, 0.2) is 23.0 Å². The van der Waals surface area contributed by atoms with Crippen LogP contribution in [0.3, 0.4) is 0 Å². The molecule has 0 unspecified atom stereocenters. The third kappa shape index (κ3) is 4.77. The molecule has 0 bridgehead atoms. The Kier molecular flexibility index (Phi) is 7.16. The summed E-state index contributed by atoms with van der Waals surface area (Å²) in [5.74, 6) is 1.10. The average molecular weight is 470 g/mol. The second-order valence-corrected chi connectivity index (χ2v) is 8.59. The average Bonchev–Trinajstić information content (AvgIpc) is 3.16. The van der Waals surface area contributed by atoms with Crippen LogP contribution in [0.4, 0.5) is 0 Å². The quantitative estimate of drug-likeness (QED) is 0.341. The van der Waals surface area contributed by atoms with Crippen molar-refractivity contribution in [3.8, 4) is 22.9 Å². The number of H-pyrrole nitrogens is 1. The van der Waals surface area contributed by atoms with Crippen LogP contribution in [0.1, 0.15) is 51.6 Å². The van der Waals surface area contributed by atoms with Gasteiger partial charge >= 0.3 is 0 Å². The van der Waals surface area contributed by atoms with Crippen molar-refractivity contribution in [1.82, 2.24) is 25.2 Å². The normalized spacial score (nSPS) is 18.1. The number of hydrogen-bond donors (Lipinski definition) is 3. The number of ether oxygens (including phenoxy) is 2. The first-order valence-electron chi connectivity index (χ1n) is 11.8. The number of nitrogens with one attached hydrogen (secondary N) is 2. The molecule has 0 aliphatic heterocycles. The number of hydroxylamine groups is 1. The van der Waals surface area contributed by atoms with E-state index in [2.05, 4.69) is 17.0 Å².